The lowest BCUT2D eigenvalue weighted by Gasteiger charge is -2.52. The highest BCUT2D eigenvalue weighted by atomic mass is 32.2. The number of fused-ring (bicyclic) bond motifs is 1. The molecule has 2 aromatic carbocycles. The summed E-state index contributed by atoms with van der Waals surface area (Å²) in [6, 6.07) is 20.5. The monoisotopic (exact) mass is 576 g/mol. The van der Waals surface area contributed by atoms with Gasteiger partial charge in [0.25, 0.3) is 0 Å². The van der Waals surface area contributed by atoms with E-state index in [1.165, 1.54) is 34.9 Å². The summed E-state index contributed by atoms with van der Waals surface area (Å²) >= 11 is 2.77. The fraction of sp³-hybridized carbons (Fsp3) is 0.267. The van der Waals surface area contributed by atoms with E-state index in [0.29, 0.717) is 5.57 Å². The predicted octanol–water partition coefficient (Wildman–Crippen LogP) is 4.23. The molecule has 3 aromatic rings. The quantitative estimate of drug-likeness (QED) is 0.301. The number of amides is 2. The molecule has 5 rings (SSSR count). The van der Waals surface area contributed by atoms with Crippen LogP contribution in [-0.4, -0.2) is 52.2 Å². The maximum Gasteiger partial charge on any atom is 0.334 e. The van der Waals surface area contributed by atoms with Crippen LogP contribution in [0.4, 0.5) is 0 Å². The number of nitrogens with one attached hydrogen (secondary N) is 1. The second-order valence-electron chi connectivity index (χ2n) is 9.48. The lowest BCUT2D eigenvalue weighted by molar-refractivity contribution is -0.166. The number of thioether (sulfide) groups is 1. The molecule has 2 aliphatic heterocycles. The van der Waals surface area contributed by atoms with Crippen molar-refractivity contribution in [3.63, 3.8) is 0 Å². The molecule has 2 aliphatic rings. The molecule has 0 radical (unpaired) electrons. The first-order valence-corrected chi connectivity index (χ1v) is 14.6. The van der Waals surface area contributed by atoms with Gasteiger partial charge in [0, 0.05) is 17.4 Å². The lowest BCUT2D eigenvalue weighted by Crippen LogP contribution is -2.74. The van der Waals surface area contributed by atoms with Gasteiger partial charge in [0.2, 0.25) is 11.8 Å². The van der Waals surface area contributed by atoms with Crippen molar-refractivity contribution in [2.45, 2.75) is 49.9 Å². The number of esters is 2. The van der Waals surface area contributed by atoms with Crippen LogP contribution in [-0.2, 0) is 35.1 Å². The topological polar surface area (TPSA) is 102 Å². The molecule has 0 bridgehead atoms. The molecule has 1 fully saturated rings. The molecule has 0 saturated carbocycles. The fourth-order valence-electron chi connectivity index (χ4n) is 4.86. The molecule has 2 amide bonds. The SMILES string of the molecule is CC(=O)OC(C)C1=CS[C@H]2[C@H](NC(=O)Cc3cccs3)C(=O)N2C1C(=O)OC(c1ccccc1)c1ccccc1. The number of carbonyl (C=O) groups is 4. The molecular weight excluding hydrogens is 548 g/mol. The average Bonchev–Trinajstić information content (AvgIpc) is 3.47. The van der Waals surface area contributed by atoms with Crippen molar-refractivity contribution in [3.8, 4) is 0 Å². The Balaban J connectivity index is 1.41. The Labute approximate surface area is 240 Å². The van der Waals surface area contributed by atoms with Gasteiger partial charge >= 0.3 is 11.9 Å². The molecular formula is C30H28N2O6S2. The molecule has 0 spiro atoms. The van der Waals surface area contributed by atoms with Crippen molar-refractivity contribution in [1.29, 1.82) is 0 Å². The number of rotatable bonds is 9. The number of nitrogens with zero attached hydrogens (tertiary/aromatic N) is 1. The highest BCUT2D eigenvalue weighted by Gasteiger charge is 2.57. The summed E-state index contributed by atoms with van der Waals surface area (Å²) < 4.78 is 11.5. The van der Waals surface area contributed by atoms with Crippen LogP contribution in [0.1, 0.15) is 36.0 Å². The van der Waals surface area contributed by atoms with Crippen LogP contribution in [0.2, 0.25) is 0 Å². The van der Waals surface area contributed by atoms with Crippen molar-refractivity contribution in [2.75, 3.05) is 0 Å². The summed E-state index contributed by atoms with van der Waals surface area (Å²) in [7, 11) is 0. The van der Waals surface area contributed by atoms with Gasteiger partial charge in [0.1, 0.15) is 17.5 Å². The highest BCUT2D eigenvalue weighted by molar-refractivity contribution is 8.03. The Morgan fingerprint density at radius 3 is 2.17 bits per heavy atom. The molecule has 3 heterocycles. The third-order valence-electron chi connectivity index (χ3n) is 6.72. The van der Waals surface area contributed by atoms with Gasteiger partial charge in [0.05, 0.1) is 6.42 Å². The maximum atomic E-state index is 13.9. The number of carbonyl (C=O) groups excluding carboxylic acids is 4. The maximum absolute atomic E-state index is 13.9. The van der Waals surface area contributed by atoms with E-state index in [0.717, 1.165) is 16.0 Å². The number of thiophene rings is 1. The molecule has 0 aliphatic carbocycles. The van der Waals surface area contributed by atoms with Gasteiger partial charge in [-0.1, -0.05) is 66.7 Å². The minimum Gasteiger partial charge on any atom is -0.458 e. The van der Waals surface area contributed by atoms with Crippen LogP contribution >= 0.6 is 23.1 Å². The second-order valence-corrected chi connectivity index (χ2v) is 11.5. The zero-order valence-corrected chi connectivity index (χ0v) is 23.5. The molecule has 2 unspecified atom stereocenters. The minimum atomic E-state index is -1.12. The predicted molar refractivity (Wildman–Crippen MR) is 152 cm³/mol. The van der Waals surface area contributed by atoms with E-state index in [-0.39, 0.29) is 12.3 Å². The number of hydrogen-bond acceptors (Lipinski definition) is 8. The Morgan fingerprint density at radius 2 is 1.60 bits per heavy atom. The summed E-state index contributed by atoms with van der Waals surface area (Å²) in [4.78, 5) is 54.1. The minimum absolute atomic E-state index is 0.171. The van der Waals surface area contributed by atoms with Gasteiger partial charge in [-0.25, -0.2) is 4.79 Å². The smallest absolute Gasteiger partial charge is 0.334 e. The van der Waals surface area contributed by atoms with Crippen LogP contribution in [0.15, 0.2) is 89.2 Å². The van der Waals surface area contributed by atoms with Crippen molar-refractivity contribution in [2.24, 2.45) is 0 Å². The zero-order chi connectivity index (χ0) is 28.2. The van der Waals surface area contributed by atoms with Crippen LogP contribution < -0.4 is 5.32 Å². The third-order valence-corrected chi connectivity index (χ3v) is 8.79. The van der Waals surface area contributed by atoms with Crippen LogP contribution in [0, 0.1) is 0 Å². The van der Waals surface area contributed by atoms with Crippen molar-refractivity contribution < 1.29 is 28.7 Å². The second kappa shape index (κ2) is 12.1. The molecule has 1 saturated heterocycles. The van der Waals surface area contributed by atoms with Gasteiger partial charge in [0.15, 0.2) is 12.1 Å². The molecule has 206 valence electrons. The average molecular weight is 577 g/mol. The van der Waals surface area contributed by atoms with Gasteiger partial charge in [-0.3, -0.25) is 14.4 Å². The summed E-state index contributed by atoms with van der Waals surface area (Å²) in [5, 5.41) is 5.95. The largest absolute Gasteiger partial charge is 0.458 e. The summed E-state index contributed by atoms with van der Waals surface area (Å²) in [5.41, 5.74) is 1.99. The van der Waals surface area contributed by atoms with Crippen LogP contribution in [0.25, 0.3) is 0 Å². The van der Waals surface area contributed by atoms with Crippen molar-refractivity contribution in [1.82, 2.24) is 10.2 Å². The molecule has 10 heteroatoms. The zero-order valence-electron chi connectivity index (χ0n) is 21.9. The van der Waals surface area contributed by atoms with Gasteiger partial charge in [-0.05, 0) is 34.9 Å². The molecule has 1 N–H and O–H groups in total. The first-order valence-electron chi connectivity index (χ1n) is 12.8. The van der Waals surface area contributed by atoms with Gasteiger partial charge < -0.3 is 19.7 Å². The van der Waals surface area contributed by atoms with E-state index in [1.807, 2.05) is 78.2 Å². The summed E-state index contributed by atoms with van der Waals surface area (Å²) in [6.45, 7) is 2.95. The van der Waals surface area contributed by atoms with Gasteiger partial charge in [-0.15, -0.1) is 23.1 Å². The fourth-order valence-corrected chi connectivity index (χ4v) is 6.88. The van der Waals surface area contributed by atoms with Crippen molar-refractivity contribution >= 4 is 46.9 Å². The third kappa shape index (κ3) is 5.83. The Morgan fingerprint density at radius 1 is 0.950 bits per heavy atom. The molecule has 40 heavy (non-hydrogen) atoms. The van der Waals surface area contributed by atoms with Crippen LogP contribution in [0.5, 0.6) is 0 Å². The highest BCUT2D eigenvalue weighted by Crippen LogP contribution is 2.42. The summed E-state index contributed by atoms with van der Waals surface area (Å²) in [6.07, 6.45) is -1.31. The number of ether oxygens (including phenoxy) is 2. The number of hydrogen-bond donors (Lipinski definition) is 1. The normalized spacial score (nSPS) is 20.6. The van der Waals surface area contributed by atoms with E-state index >= 15 is 0 Å². The first kappa shape index (κ1) is 27.7. The lowest BCUT2D eigenvalue weighted by atomic mass is 9.94. The number of β-lactam (4-membered cyclic amide) rings is 1. The Hall–Kier alpha value is -3.89. The van der Waals surface area contributed by atoms with E-state index in [2.05, 4.69) is 5.32 Å². The summed E-state index contributed by atoms with van der Waals surface area (Å²) in [5.74, 6) is -1.82. The Bertz CT molecular complexity index is 1370. The van der Waals surface area contributed by atoms with Crippen molar-refractivity contribution in [3.05, 3.63) is 105 Å². The Kier molecular flexibility index (Phi) is 8.37. The molecule has 4 atom stereocenters. The van der Waals surface area contributed by atoms with E-state index in [1.54, 1.807) is 12.3 Å². The molecule has 1 aromatic heterocycles. The van der Waals surface area contributed by atoms with E-state index in [4.69, 9.17) is 9.47 Å². The van der Waals surface area contributed by atoms with E-state index < -0.39 is 47.5 Å². The molecule has 8 nitrogen and oxygen atoms in total. The number of benzene rings is 2. The van der Waals surface area contributed by atoms with E-state index in [9.17, 15) is 19.2 Å². The standard InChI is InChI=1S/C30H28N2O6S2/c1-18(37-19(2)33)23-17-40-29-25(31-24(34)16-22-14-9-15-39-22)28(35)32(29)26(23)30(36)38-27(20-10-5-3-6-11-20)21-12-7-4-8-13-21/h3-15,17-18,25-27,29H,16H2,1-2H3,(H,31,34)/t18?,25-,26?,29+/m1/s1. The van der Waals surface area contributed by atoms with Gasteiger partial charge in [-0.2, -0.15) is 0 Å². The van der Waals surface area contributed by atoms with Crippen LogP contribution in [0.3, 0.4) is 0 Å². The first-order chi connectivity index (χ1) is 19.3.